The maximum atomic E-state index is 9.91. The topological polar surface area (TPSA) is 60.8 Å². The summed E-state index contributed by atoms with van der Waals surface area (Å²) >= 11 is 6.44. The summed E-state index contributed by atoms with van der Waals surface area (Å²) in [6, 6.07) is 19.7. The lowest BCUT2D eigenvalue weighted by atomic mass is 9.96. The van der Waals surface area contributed by atoms with E-state index >= 15 is 0 Å². The van der Waals surface area contributed by atoms with Crippen LogP contribution in [0.2, 0.25) is 5.02 Å². The number of aliphatic hydroxyl groups is 1. The molecule has 3 rings (SSSR count). The molecule has 3 aromatic rings. The van der Waals surface area contributed by atoms with Gasteiger partial charge in [-0.25, -0.2) is 9.98 Å². The van der Waals surface area contributed by atoms with Crippen molar-refractivity contribution in [3.8, 4) is 0 Å². The Hall–Kier alpha value is -3.15. The number of aromatic nitrogens is 1. The van der Waals surface area contributed by atoms with Crippen LogP contribution < -0.4 is 10.2 Å². The Kier molecular flexibility index (Phi) is 7.82. The molecule has 1 atom stereocenters. The van der Waals surface area contributed by atoms with Crippen LogP contribution >= 0.6 is 11.6 Å². The van der Waals surface area contributed by atoms with Crippen LogP contribution in [0.3, 0.4) is 0 Å². The highest BCUT2D eigenvalue weighted by atomic mass is 35.5. The number of pyridine rings is 1. The van der Waals surface area contributed by atoms with Gasteiger partial charge in [-0.15, -0.1) is 0 Å². The molecule has 0 radical (unpaired) electrons. The fourth-order valence-electron chi connectivity index (χ4n) is 3.22. The number of aryl methyl sites for hydroxylation is 1. The van der Waals surface area contributed by atoms with Gasteiger partial charge in [0.25, 0.3) is 0 Å². The van der Waals surface area contributed by atoms with E-state index < -0.39 is 0 Å². The molecule has 0 aliphatic heterocycles. The summed E-state index contributed by atoms with van der Waals surface area (Å²) in [7, 11) is 0. The summed E-state index contributed by atoms with van der Waals surface area (Å²) in [5.74, 6) is 0.419. The van der Waals surface area contributed by atoms with Crippen molar-refractivity contribution < 1.29 is 5.11 Å². The highest BCUT2D eigenvalue weighted by molar-refractivity contribution is 6.33. The minimum absolute atomic E-state index is 0.0626. The summed E-state index contributed by atoms with van der Waals surface area (Å²) in [6.07, 6.45) is 3.32. The average Bonchev–Trinajstić information content (AvgIpc) is 2.77. The molecule has 0 spiro atoms. The lowest BCUT2D eigenvalue weighted by Crippen LogP contribution is -2.21. The first-order chi connectivity index (χ1) is 15.0. The van der Waals surface area contributed by atoms with Gasteiger partial charge in [-0.3, -0.25) is 0 Å². The van der Waals surface area contributed by atoms with Crippen LogP contribution in [0.25, 0.3) is 0 Å². The van der Waals surface area contributed by atoms with Crippen molar-refractivity contribution in [2.45, 2.75) is 19.8 Å². The van der Waals surface area contributed by atoms with Crippen LogP contribution in [0.15, 0.2) is 84.1 Å². The van der Waals surface area contributed by atoms with Gasteiger partial charge in [0.2, 0.25) is 0 Å². The van der Waals surface area contributed by atoms with Gasteiger partial charge in [-0.1, -0.05) is 66.2 Å². The van der Waals surface area contributed by atoms with E-state index in [-0.39, 0.29) is 12.5 Å². The molecule has 0 saturated heterocycles. The standard InChI is InChI=1S/C25H27ClN4O/c1-4-30(17-28-19(3)22(16-31)20-10-8-9-18(2)13-20)24-14-25(27-15-23(24)26)29-21-11-6-5-7-12-21/h5-15,17,22,31H,3-4,16H2,1-2H3,(H,27,29). The van der Waals surface area contributed by atoms with Gasteiger partial charge in [0.1, 0.15) is 5.82 Å². The van der Waals surface area contributed by atoms with E-state index in [9.17, 15) is 5.11 Å². The van der Waals surface area contributed by atoms with Crippen molar-refractivity contribution in [1.82, 2.24) is 4.98 Å². The number of aliphatic imine (C=N–C) groups is 1. The van der Waals surface area contributed by atoms with Gasteiger partial charge >= 0.3 is 0 Å². The number of rotatable bonds is 9. The number of hydrogen-bond acceptors (Lipinski definition) is 4. The Balaban J connectivity index is 1.80. The summed E-state index contributed by atoms with van der Waals surface area (Å²) in [4.78, 5) is 10.8. The van der Waals surface area contributed by atoms with Gasteiger partial charge in [0.15, 0.2) is 0 Å². The maximum absolute atomic E-state index is 9.91. The first kappa shape index (κ1) is 22.5. The van der Waals surface area contributed by atoms with E-state index in [2.05, 4.69) is 21.9 Å². The zero-order valence-corrected chi connectivity index (χ0v) is 18.5. The zero-order chi connectivity index (χ0) is 22.2. The molecule has 0 bridgehead atoms. The molecule has 0 aliphatic carbocycles. The van der Waals surface area contributed by atoms with E-state index in [1.165, 1.54) is 0 Å². The van der Waals surface area contributed by atoms with Crippen LogP contribution in [0, 0.1) is 6.92 Å². The van der Waals surface area contributed by atoms with Crippen molar-refractivity contribution in [2.75, 3.05) is 23.4 Å². The second-order valence-corrected chi connectivity index (χ2v) is 7.59. The van der Waals surface area contributed by atoms with Crippen LogP contribution in [0.4, 0.5) is 17.2 Å². The number of para-hydroxylation sites is 1. The predicted octanol–water partition coefficient (Wildman–Crippen LogP) is 5.93. The highest BCUT2D eigenvalue weighted by Gasteiger charge is 2.15. The van der Waals surface area contributed by atoms with Gasteiger partial charge in [-0.2, -0.15) is 0 Å². The highest BCUT2D eigenvalue weighted by Crippen LogP contribution is 2.29. The van der Waals surface area contributed by atoms with Crippen molar-refractivity contribution in [1.29, 1.82) is 0 Å². The minimum Gasteiger partial charge on any atom is -0.395 e. The fourth-order valence-corrected chi connectivity index (χ4v) is 3.44. The molecule has 6 heteroatoms. The third-order valence-corrected chi connectivity index (χ3v) is 5.21. The van der Waals surface area contributed by atoms with Gasteiger partial charge in [-0.05, 0) is 31.5 Å². The first-order valence-electron chi connectivity index (χ1n) is 10.2. The number of anilines is 3. The average molecular weight is 435 g/mol. The Labute approximate surface area is 188 Å². The third-order valence-electron chi connectivity index (χ3n) is 4.92. The van der Waals surface area contributed by atoms with Gasteiger partial charge < -0.3 is 15.3 Å². The summed E-state index contributed by atoms with van der Waals surface area (Å²) in [5, 5.41) is 13.7. The number of aliphatic hydroxyl groups excluding tert-OH is 1. The number of nitrogens with zero attached hydrogens (tertiary/aromatic N) is 3. The molecular formula is C25H27ClN4O. The molecule has 2 aromatic carbocycles. The molecule has 1 heterocycles. The van der Waals surface area contributed by atoms with E-state index in [0.717, 1.165) is 22.5 Å². The van der Waals surface area contributed by atoms with Crippen LogP contribution in [0.1, 0.15) is 24.0 Å². The molecule has 1 unspecified atom stereocenters. The first-order valence-corrected chi connectivity index (χ1v) is 10.5. The van der Waals surface area contributed by atoms with Gasteiger partial charge in [0, 0.05) is 29.9 Å². The zero-order valence-electron chi connectivity index (χ0n) is 17.8. The van der Waals surface area contributed by atoms with Crippen molar-refractivity contribution in [2.24, 2.45) is 4.99 Å². The van der Waals surface area contributed by atoms with Crippen molar-refractivity contribution >= 4 is 35.1 Å². The second kappa shape index (κ2) is 10.8. The number of hydrogen-bond donors (Lipinski definition) is 2. The van der Waals surface area contributed by atoms with Crippen molar-refractivity contribution in [3.63, 3.8) is 0 Å². The number of halogens is 1. The molecule has 0 aliphatic rings. The predicted molar refractivity (Wildman–Crippen MR) is 131 cm³/mol. The van der Waals surface area contributed by atoms with E-state index in [1.807, 2.05) is 79.4 Å². The lowest BCUT2D eigenvalue weighted by molar-refractivity contribution is 0.278. The van der Waals surface area contributed by atoms with Crippen LogP contribution in [-0.4, -0.2) is 29.6 Å². The van der Waals surface area contributed by atoms with E-state index in [0.29, 0.717) is 23.1 Å². The SMILES string of the molecule is C=C(N=CN(CC)c1cc(Nc2ccccc2)ncc1Cl)C(CO)c1cccc(C)c1. The summed E-state index contributed by atoms with van der Waals surface area (Å²) in [6.45, 7) is 8.71. The molecule has 5 nitrogen and oxygen atoms in total. The maximum Gasteiger partial charge on any atom is 0.132 e. The normalized spacial score (nSPS) is 12.0. The Bertz CT molecular complexity index is 1050. The third kappa shape index (κ3) is 5.94. The monoisotopic (exact) mass is 434 g/mol. The lowest BCUT2D eigenvalue weighted by Gasteiger charge is -2.21. The summed E-state index contributed by atoms with van der Waals surface area (Å²) in [5.41, 5.74) is 4.43. The number of benzene rings is 2. The van der Waals surface area contributed by atoms with Crippen molar-refractivity contribution in [3.05, 3.63) is 95.3 Å². The Morgan fingerprint density at radius 1 is 1.23 bits per heavy atom. The molecular weight excluding hydrogens is 408 g/mol. The quantitative estimate of drug-likeness (QED) is 0.323. The molecule has 0 amide bonds. The Morgan fingerprint density at radius 2 is 2.00 bits per heavy atom. The van der Waals surface area contributed by atoms with E-state index in [1.54, 1.807) is 12.5 Å². The molecule has 0 fully saturated rings. The molecule has 0 saturated carbocycles. The minimum atomic E-state index is -0.266. The van der Waals surface area contributed by atoms with E-state index in [4.69, 9.17) is 11.6 Å². The molecule has 2 N–H and O–H groups in total. The van der Waals surface area contributed by atoms with Crippen LogP contribution in [-0.2, 0) is 0 Å². The Morgan fingerprint density at radius 3 is 2.68 bits per heavy atom. The molecule has 31 heavy (non-hydrogen) atoms. The largest absolute Gasteiger partial charge is 0.395 e. The smallest absolute Gasteiger partial charge is 0.132 e. The summed E-state index contributed by atoms with van der Waals surface area (Å²) < 4.78 is 0. The molecule has 160 valence electrons. The number of nitrogens with one attached hydrogen (secondary N) is 1. The second-order valence-electron chi connectivity index (χ2n) is 7.18. The fraction of sp³-hybridized carbons (Fsp3) is 0.200. The van der Waals surface area contributed by atoms with Gasteiger partial charge in [0.05, 0.1) is 29.9 Å². The molecule has 1 aromatic heterocycles. The van der Waals surface area contributed by atoms with Crippen LogP contribution in [0.5, 0.6) is 0 Å².